The van der Waals surface area contributed by atoms with Gasteiger partial charge in [0, 0.05) is 107 Å². The molecule has 10 heterocycles. The highest BCUT2D eigenvalue weighted by Crippen LogP contribution is 2.41. The van der Waals surface area contributed by atoms with Gasteiger partial charge in [-0.1, -0.05) is 55.6 Å². The third kappa shape index (κ3) is 28.2. The summed E-state index contributed by atoms with van der Waals surface area (Å²) in [5, 5.41) is 4.99. The maximum absolute atomic E-state index is 13.8. The lowest BCUT2D eigenvalue weighted by Crippen LogP contribution is -2.10. The standard InChI is InChI=1S/C20H20ClN3O2S.C18H14ClN3O2S.C18H14ClN3O2.C18H14FN3O2.C17H13FN4O2/c1-12-19(20(2,3)4)27-18(24-12)8-17(25)13-5-14(21)7-15(6-13)26-16-9-22-11-23-10-16;19-13-3-12(4-14(5-13)24-15-7-20-10-21-8-15)17(23)6-18-22-16(9-25-18)11-1-2-11;2*1-12-2-3-22-15(4-12)8-18(23)13-5-14(19)7-16(6-13)24-17-9-20-11-21-10-17;1-11-2-3-21-17(22-11)7-16(23)12-4-13(18)6-14(5-12)24-15-8-19-10-20-9-15/h5-7,9-11H,8H2,1-4H3;3-5,7-11H,1-2,6H2;2*2-7,9-11H,8H2,1H3;2-6,8-10H,7H2,1H3. The number of pyridine rings is 2. The highest BCUT2D eigenvalue weighted by atomic mass is 35.5. The van der Waals surface area contributed by atoms with Gasteiger partial charge in [-0.2, -0.15) is 0 Å². The Balaban J connectivity index is 0.000000141. The summed E-state index contributed by atoms with van der Waals surface area (Å²) in [6.45, 7) is 14.1. The molecule has 0 N–H and O–H groups in total. The summed E-state index contributed by atoms with van der Waals surface area (Å²) in [6, 6.07) is 31.7. The molecule has 0 saturated heterocycles. The Morgan fingerprint density at radius 3 is 1.07 bits per heavy atom. The Kier molecular flexibility index (Phi) is 31.1. The first-order chi connectivity index (χ1) is 59.7. The van der Waals surface area contributed by atoms with Gasteiger partial charge in [-0.05, 0) is 166 Å². The molecule has 10 aromatic heterocycles. The SMILES string of the molecule is Cc1ccnc(CC(=O)c2cc(Cl)cc(Oc3cncnc3)c2)c1.Cc1ccnc(CC(=O)c2cc(F)cc(Oc3cncnc3)c2)c1.Cc1ccnc(CC(=O)c2cc(F)cc(Oc3cncnc3)c2)n1.Cc1nc(CC(=O)c2cc(Cl)cc(Oc3cncnc3)c2)sc1C(C)(C)C.O=C(Cc1nc(C2CC2)cs1)c1cc(Cl)cc(Oc2cncnc2)c1. The number of carbonyl (C=O) groups is 5. The van der Waals surface area contributed by atoms with E-state index < -0.39 is 11.6 Å². The topological polar surface area (TPSA) is 338 Å². The summed E-state index contributed by atoms with van der Waals surface area (Å²) < 4.78 is 55.6. The number of nitrogens with zero attached hydrogens (tertiary/aromatic N) is 16. The number of halogens is 5. The van der Waals surface area contributed by atoms with E-state index in [9.17, 15) is 32.8 Å². The van der Waals surface area contributed by atoms with Crippen LogP contribution in [-0.4, -0.2) is 109 Å². The van der Waals surface area contributed by atoms with Crippen molar-refractivity contribution >= 4 is 86.4 Å². The van der Waals surface area contributed by atoms with Gasteiger partial charge in [0.1, 0.15) is 87.9 Å². The minimum absolute atomic E-state index is 0.0118. The Morgan fingerprint density at radius 2 is 0.726 bits per heavy atom. The second-order valence-electron chi connectivity index (χ2n) is 28.7. The number of carbonyl (C=O) groups excluding carboxylic acids is 5. The Bertz CT molecular complexity index is 5880. The summed E-state index contributed by atoms with van der Waals surface area (Å²) in [5.74, 6) is 3.11. The van der Waals surface area contributed by atoms with Crippen LogP contribution in [0.2, 0.25) is 15.1 Å². The predicted octanol–water partition coefficient (Wildman–Crippen LogP) is 20.6. The van der Waals surface area contributed by atoms with Crippen molar-refractivity contribution in [2.45, 2.75) is 105 Å². The van der Waals surface area contributed by atoms with Gasteiger partial charge in [-0.15, -0.1) is 22.7 Å². The second kappa shape index (κ2) is 43.1. The monoisotopic (exact) mass is 1760 g/mol. The first-order valence-electron chi connectivity index (χ1n) is 38.1. The fraction of sp³-hybridized carbons (Fsp3) is 0.176. The molecule has 1 aliphatic carbocycles. The van der Waals surface area contributed by atoms with Gasteiger partial charge in [0.15, 0.2) is 57.7 Å². The number of benzene rings is 5. The summed E-state index contributed by atoms with van der Waals surface area (Å²) >= 11 is 21.6. The zero-order chi connectivity index (χ0) is 87.7. The summed E-state index contributed by atoms with van der Waals surface area (Å²) in [4.78, 5) is 128. The molecule has 26 nitrogen and oxygen atoms in total. The smallest absolute Gasteiger partial charge is 0.170 e. The lowest BCUT2D eigenvalue weighted by molar-refractivity contribution is 0.0982. The van der Waals surface area contributed by atoms with Crippen molar-refractivity contribution in [1.82, 2.24) is 79.7 Å². The van der Waals surface area contributed by atoms with Gasteiger partial charge >= 0.3 is 0 Å². The number of rotatable bonds is 26. The molecule has 0 atom stereocenters. The van der Waals surface area contributed by atoms with Crippen LogP contribution in [-0.2, 0) is 37.5 Å². The van der Waals surface area contributed by atoms with Crippen LogP contribution in [0.3, 0.4) is 0 Å². The molecule has 5 aromatic carbocycles. The number of ether oxygens (including phenoxy) is 5. The fourth-order valence-electron chi connectivity index (χ4n) is 11.7. The third-order valence-corrected chi connectivity index (χ3v) is 20.4. The average molecular weight is 1760 g/mol. The molecule has 0 spiro atoms. The Labute approximate surface area is 733 Å². The molecule has 16 rings (SSSR count). The van der Waals surface area contributed by atoms with Crippen LogP contribution < -0.4 is 23.7 Å². The lowest BCUT2D eigenvalue weighted by Gasteiger charge is -2.16. The lowest BCUT2D eigenvalue weighted by atomic mass is 9.93. The van der Waals surface area contributed by atoms with Crippen LogP contribution in [0, 0.1) is 39.3 Å². The average Bonchev–Trinajstić information content (AvgIpc) is 1.65. The van der Waals surface area contributed by atoms with E-state index in [-0.39, 0.29) is 89.1 Å². The van der Waals surface area contributed by atoms with Crippen molar-refractivity contribution < 1.29 is 56.4 Å². The highest BCUT2D eigenvalue weighted by Gasteiger charge is 2.27. The van der Waals surface area contributed by atoms with Crippen LogP contribution in [0.1, 0.15) is 152 Å². The molecule has 0 amide bonds. The minimum Gasteiger partial charge on any atom is -0.454 e. The van der Waals surface area contributed by atoms with Crippen molar-refractivity contribution in [3.05, 3.63) is 354 Å². The van der Waals surface area contributed by atoms with Crippen molar-refractivity contribution in [3.8, 4) is 57.5 Å². The number of ketones is 5. The summed E-state index contributed by atoms with van der Waals surface area (Å²) in [6.07, 6.45) is 30.1. The van der Waals surface area contributed by atoms with E-state index in [2.05, 4.69) is 106 Å². The predicted molar refractivity (Wildman–Crippen MR) is 462 cm³/mol. The van der Waals surface area contributed by atoms with Gasteiger partial charge < -0.3 is 23.7 Å². The first-order valence-corrected chi connectivity index (χ1v) is 40.9. The molecule has 1 saturated carbocycles. The van der Waals surface area contributed by atoms with Crippen LogP contribution in [0.25, 0.3) is 0 Å². The molecule has 0 radical (unpaired) electrons. The van der Waals surface area contributed by atoms with E-state index in [1.54, 1.807) is 115 Å². The third-order valence-electron chi connectivity index (χ3n) is 17.3. The fourth-order valence-corrected chi connectivity index (χ4v) is 14.4. The molecular formula is C91H75Cl3F2N16O10S2. The van der Waals surface area contributed by atoms with E-state index in [0.717, 1.165) is 50.0 Å². The molecule has 15 aromatic rings. The second-order valence-corrected chi connectivity index (χ2v) is 32.1. The van der Waals surface area contributed by atoms with Crippen LogP contribution in [0.15, 0.2) is 239 Å². The van der Waals surface area contributed by atoms with Gasteiger partial charge in [0.2, 0.25) is 0 Å². The molecular weight excluding hydrogens is 1690 g/mol. The largest absolute Gasteiger partial charge is 0.454 e. The van der Waals surface area contributed by atoms with Crippen molar-refractivity contribution in [1.29, 1.82) is 0 Å². The van der Waals surface area contributed by atoms with Gasteiger partial charge in [0.05, 0.1) is 105 Å². The van der Waals surface area contributed by atoms with E-state index >= 15 is 0 Å². The highest BCUT2D eigenvalue weighted by molar-refractivity contribution is 7.12. The van der Waals surface area contributed by atoms with Gasteiger partial charge in [-0.25, -0.2) is 78.6 Å². The number of aromatic nitrogens is 16. The zero-order valence-electron chi connectivity index (χ0n) is 67.5. The summed E-state index contributed by atoms with van der Waals surface area (Å²) in [5.41, 5.74) is 8.19. The van der Waals surface area contributed by atoms with E-state index in [1.807, 2.05) is 52.0 Å². The molecule has 1 fully saturated rings. The van der Waals surface area contributed by atoms with Crippen molar-refractivity contribution in [2.75, 3.05) is 0 Å². The van der Waals surface area contributed by atoms with Crippen LogP contribution in [0.5, 0.6) is 57.5 Å². The minimum atomic E-state index is -0.571. The van der Waals surface area contributed by atoms with Gasteiger partial charge in [-0.3, -0.25) is 33.9 Å². The zero-order valence-corrected chi connectivity index (χ0v) is 71.4. The molecule has 0 unspecified atom stereocenters. The molecule has 626 valence electrons. The van der Waals surface area contributed by atoms with E-state index in [1.165, 1.54) is 128 Å². The number of hydrogen-bond donors (Lipinski definition) is 0. The van der Waals surface area contributed by atoms with Crippen molar-refractivity contribution in [3.63, 3.8) is 0 Å². The van der Waals surface area contributed by atoms with E-state index in [0.29, 0.717) is 95.2 Å². The van der Waals surface area contributed by atoms with Crippen LogP contribution in [0.4, 0.5) is 8.78 Å². The normalized spacial score (nSPS) is 11.3. The molecule has 33 heteroatoms. The molecule has 0 aliphatic heterocycles. The number of hydrogen-bond acceptors (Lipinski definition) is 28. The quantitative estimate of drug-likeness (QED) is 0.0454. The first kappa shape index (κ1) is 89.5. The number of thiazole rings is 2. The van der Waals surface area contributed by atoms with Crippen molar-refractivity contribution in [2.24, 2.45) is 0 Å². The molecule has 1 aliphatic rings. The Morgan fingerprint density at radius 1 is 0.387 bits per heavy atom. The van der Waals surface area contributed by atoms with Crippen LogP contribution >= 0.6 is 57.5 Å². The summed E-state index contributed by atoms with van der Waals surface area (Å²) in [7, 11) is 0. The molecule has 124 heavy (non-hydrogen) atoms. The number of aryl methyl sites for hydroxylation is 4. The number of Topliss-reactive ketones (excluding diaryl/α,β-unsaturated/α-hetero) is 5. The maximum Gasteiger partial charge on any atom is 0.170 e. The molecule has 0 bridgehead atoms. The van der Waals surface area contributed by atoms with Gasteiger partial charge in [0.25, 0.3) is 0 Å². The maximum atomic E-state index is 13.8. The van der Waals surface area contributed by atoms with E-state index in [4.69, 9.17) is 58.5 Å². The Hall–Kier alpha value is -13.8.